The number of hydrogen-bond acceptors (Lipinski definition) is 6. The molecule has 14 heteroatoms. The molecule has 0 aromatic heterocycles. The number of amides is 2. The van der Waals surface area contributed by atoms with Gasteiger partial charge in [-0.2, -0.15) is 36.9 Å². The first-order chi connectivity index (χ1) is 16.8. The first kappa shape index (κ1) is 26.3. The molecule has 1 heterocycles. The number of ether oxygens (including phenoxy) is 1. The molecule has 1 saturated heterocycles. The number of nitriles is 2. The summed E-state index contributed by atoms with van der Waals surface area (Å²) in [7, 11) is 0. The van der Waals surface area contributed by atoms with E-state index in [0.717, 1.165) is 12.1 Å². The molecule has 36 heavy (non-hydrogen) atoms. The number of hydrogen-bond donors (Lipinski definition) is 2. The van der Waals surface area contributed by atoms with Gasteiger partial charge in [-0.25, -0.2) is 0 Å². The molecule has 1 aliphatic rings. The van der Waals surface area contributed by atoms with Gasteiger partial charge in [-0.1, -0.05) is 0 Å². The van der Waals surface area contributed by atoms with E-state index in [1.807, 2.05) is 0 Å². The molecular formula is C22H15F6N5O3. The lowest BCUT2D eigenvalue weighted by molar-refractivity contribution is -0.212. The van der Waals surface area contributed by atoms with Gasteiger partial charge >= 0.3 is 12.4 Å². The molecule has 188 valence electrons. The van der Waals surface area contributed by atoms with E-state index in [-0.39, 0.29) is 12.1 Å². The van der Waals surface area contributed by atoms with Crippen LogP contribution in [0.2, 0.25) is 0 Å². The summed E-state index contributed by atoms with van der Waals surface area (Å²) in [5.41, 5.74) is -2.28. The highest BCUT2D eigenvalue weighted by atomic mass is 19.4. The standard InChI is InChI=1S/C22H15F6N5O3/c23-21(24,25)16-9-15(6-1-12(16)10-30)33-11-17(36-20(33)22(26,27)28)19(35)32-14-4-2-13(3-5-14)31-18(34)7-8-29/h1-6,9,17,20H,7,11H2,(H,31,34)(H,32,35). The summed E-state index contributed by atoms with van der Waals surface area (Å²) >= 11 is 0. The SMILES string of the molecule is N#CCC(=O)Nc1ccc(NC(=O)C2CN(c3ccc(C#N)c(C(F)(F)F)c3)C(C(F)(F)F)O2)cc1. The molecule has 1 aliphatic heterocycles. The van der Waals surface area contributed by atoms with E-state index < -0.39 is 59.9 Å². The number of alkyl halides is 6. The van der Waals surface area contributed by atoms with E-state index >= 15 is 0 Å². The molecule has 8 nitrogen and oxygen atoms in total. The van der Waals surface area contributed by atoms with E-state index in [0.29, 0.717) is 16.7 Å². The van der Waals surface area contributed by atoms with Gasteiger partial charge in [0.15, 0.2) is 6.10 Å². The van der Waals surface area contributed by atoms with Gasteiger partial charge in [-0.3, -0.25) is 9.59 Å². The third-order valence-corrected chi connectivity index (χ3v) is 4.95. The van der Waals surface area contributed by atoms with Crippen LogP contribution >= 0.6 is 0 Å². The zero-order chi connectivity index (χ0) is 26.7. The van der Waals surface area contributed by atoms with Crippen LogP contribution in [0.25, 0.3) is 0 Å². The molecule has 2 N–H and O–H groups in total. The molecule has 2 atom stereocenters. The minimum atomic E-state index is -5.05. The molecule has 0 bridgehead atoms. The highest BCUT2D eigenvalue weighted by Crippen LogP contribution is 2.39. The van der Waals surface area contributed by atoms with Crippen molar-refractivity contribution in [3.8, 4) is 12.1 Å². The number of nitrogens with zero attached hydrogens (tertiary/aromatic N) is 3. The number of benzene rings is 2. The summed E-state index contributed by atoms with van der Waals surface area (Å²) in [4.78, 5) is 24.5. The molecule has 2 unspecified atom stereocenters. The van der Waals surface area contributed by atoms with Crippen molar-refractivity contribution in [1.29, 1.82) is 10.5 Å². The van der Waals surface area contributed by atoms with E-state index in [9.17, 15) is 35.9 Å². The maximum absolute atomic E-state index is 13.6. The van der Waals surface area contributed by atoms with E-state index in [2.05, 4.69) is 10.6 Å². The number of nitrogens with one attached hydrogen (secondary N) is 2. The Hall–Kier alpha value is -4.30. The topological polar surface area (TPSA) is 118 Å². The molecule has 0 spiro atoms. The molecule has 0 saturated carbocycles. The molecular weight excluding hydrogens is 496 g/mol. The smallest absolute Gasteiger partial charge is 0.335 e. The van der Waals surface area contributed by atoms with Crippen LogP contribution in [0.1, 0.15) is 17.5 Å². The fourth-order valence-corrected chi connectivity index (χ4v) is 3.37. The summed E-state index contributed by atoms with van der Waals surface area (Å²) in [6.07, 6.45) is -14.8. The number of halogens is 6. The summed E-state index contributed by atoms with van der Waals surface area (Å²) < 4.78 is 85.6. The van der Waals surface area contributed by atoms with Crippen molar-refractivity contribution < 1.29 is 40.7 Å². The van der Waals surface area contributed by atoms with Crippen molar-refractivity contribution in [1.82, 2.24) is 0 Å². The lowest BCUT2D eigenvalue weighted by Crippen LogP contribution is -2.42. The van der Waals surface area contributed by atoms with Gasteiger partial charge in [-0.05, 0) is 42.5 Å². The summed E-state index contributed by atoms with van der Waals surface area (Å²) in [6, 6.07) is 10.5. The van der Waals surface area contributed by atoms with Gasteiger partial charge in [0.05, 0.1) is 29.8 Å². The average molecular weight is 511 g/mol. The molecule has 2 aromatic carbocycles. The normalized spacial score (nSPS) is 17.7. The Kier molecular flexibility index (Phi) is 7.40. The number of carbonyl (C=O) groups excluding carboxylic acids is 2. The maximum Gasteiger partial charge on any atom is 0.433 e. The van der Waals surface area contributed by atoms with Crippen molar-refractivity contribution >= 4 is 28.9 Å². The largest absolute Gasteiger partial charge is 0.433 e. The summed E-state index contributed by atoms with van der Waals surface area (Å²) in [6.45, 7) is -0.721. The van der Waals surface area contributed by atoms with Gasteiger partial charge in [0.1, 0.15) is 6.42 Å². The molecule has 3 rings (SSSR count). The molecule has 2 aromatic rings. The second-order valence-electron chi connectivity index (χ2n) is 7.46. The molecule has 2 amide bonds. The Labute approximate surface area is 199 Å². The summed E-state index contributed by atoms with van der Waals surface area (Å²) in [5.74, 6) is -1.55. The van der Waals surface area contributed by atoms with Gasteiger partial charge in [0, 0.05) is 17.1 Å². The number of carbonyl (C=O) groups is 2. The van der Waals surface area contributed by atoms with Crippen LogP contribution < -0.4 is 15.5 Å². The van der Waals surface area contributed by atoms with Crippen molar-refractivity contribution in [2.75, 3.05) is 22.1 Å². The molecule has 0 aliphatic carbocycles. The Bertz CT molecular complexity index is 1230. The monoisotopic (exact) mass is 511 g/mol. The van der Waals surface area contributed by atoms with Crippen LogP contribution in [0.15, 0.2) is 42.5 Å². The second-order valence-corrected chi connectivity index (χ2v) is 7.46. The van der Waals surface area contributed by atoms with Gasteiger partial charge < -0.3 is 20.3 Å². The fraction of sp³-hybridized carbons (Fsp3) is 0.273. The second kappa shape index (κ2) is 10.1. The Morgan fingerprint density at radius 1 is 1.00 bits per heavy atom. The lowest BCUT2D eigenvalue weighted by Gasteiger charge is -2.27. The minimum absolute atomic E-state index is 0.140. The fourth-order valence-electron chi connectivity index (χ4n) is 3.37. The minimum Gasteiger partial charge on any atom is -0.335 e. The zero-order valence-electron chi connectivity index (χ0n) is 17.9. The van der Waals surface area contributed by atoms with Crippen molar-refractivity contribution in [2.24, 2.45) is 0 Å². The zero-order valence-corrected chi connectivity index (χ0v) is 17.9. The van der Waals surface area contributed by atoms with E-state index in [1.165, 1.54) is 30.3 Å². The quantitative estimate of drug-likeness (QED) is 0.582. The van der Waals surface area contributed by atoms with Crippen LogP contribution in [0.3, 0.4) is 0 Å². The van der Waals surface area contributed by atoms with Crippen molar-refractivity contribution in [2.45, 2.75) is 31.1 Å². The first-order valence-corrected chi connectivity index (χ1v) is 10.0. The van der Waals surface area contributed by atoms with Crippen LogP contribution in [0.4, 0.5) is 43.4 Å². The predicted octanol–water partition coefficient (Wildman–Crippen LogP) is 4.16. The highest BCUT2D eigenvalue weighted by Gasteiger charge is 2.52. The molecule has 1 fully saturated rings. The van der Waals surface area contributed by atoms with Crippen LogP contribution in [-0.4, -0.2) is 36.9 Å². The Morgan fingerprint density at radius 2 is 1.61 bits per heavy atom. The van der Waals surface area contributed by atoms with Gasteiger partial charge in [-0.15, -0.1) is 0 Å². The Balaban J connectivity index is 1.79. The average Bonchev–Trinajstić information content (AvgIpc) is 3.26. The highest BCUT2D eigenvalue weighted by molar-refractivity contribution is 5.96. The Morgan fingerprint density at radius 3 is 2.14 bits per heavy atom. The van der Waals surface area contributed by atoms with Crippen LogP contribution in [0, 0.1) is 22.7 Å². The maximum atomic E-state index is 13.6. The van der Waals surface area contributed by atoms with E-state index in [1.54, 1.807) is 6.07 Å². The van der Waals surface area contributed by atoms with Gasteiger partial charge in [0.25, 0.3) is 5.91 Å². The van der Waals surface area contributed by atoms with Crippen molar-refractivity contribution in [3.05, 3.63) is 53.6 Å². The van der Waals surface area contributed by atoms with Gasteiger partial charge in [0.2, 0.25) is 12.1 Å². The van der Waals surface area contributed by atoms with Crippen LogP contribution in [0.5, 0.6) is 0 Å². The third-order valence-electron chi connectivity index (χ3n) is 4.95. The number of rotatable bonds is 5. The number of anilines is 3. The van der Waals surface area contributed by atoms with Crippen molar-refractivity contribution in [3.63, 3.8) is 0 Å². The predicted molar refractivity (Wildman–Crippen MR) is 112 cm³/mol. The summed E-state index contributed by atoms with van der Waals surface area (Å²) in [5, 5.41) is 22.2. The van der Waals surface area contributed by atoms with E-state index in [4.69, 9.17) is 15.3 Å². The molecule has 0 radical (unpaired) electrons. The first-order valence-electron chi connectivity index (χ1n) is 10.0. The van der Waals surface area contributed by atoms with Crippen LogP contribution in [-0.2, 0) is 20.5 Å². The lowest BCUT2D eigenvalue weighted by atomic mass is 10.1. The third kappa shape index (κ3) is 6.03.